The Kier molecular flexibility index (Phi) is 3.64. The summed E-state index contributed by atoms with van der Waals surface area (Å²) in [6.07, 6.45) is 3.27. The van der Waals surface area contributed by atoms with Crippen LogP contribution >= 0.6 is 0 Å². The minimum absolute atomic E-state index is 0.00634. The third-order valence-corrected chi connectivity index (χ3v) is 1.58. The number of aromatic nitrogens is 2. The molecule has 4 nitrogen and oxygen atoms in total. The number of aliphatic hydroxyl groups excluding tert-OH is 1. The summed E-state index contributed by atoms with van der Waals surface area (Å²) in [5, 5.41) is 8.50. The van der Waals surface area contributed by atoms with Gasteiger partial charge in [0.2, 0.25) is 5.88 Å². The Morgan fingerprint density at radius 2 is 2.15 bits per heavy atom. The standard InChI is InChI=1S/C9H14N2O2/c1-7(2)8-5-11-9(6-10-8)13-4-3-12/h5-7,12H,3-4H2,1-2H3. The van der Waals surface area contributed by atoms with E-state index >= 15 is 0 Å². The van der Waals surface area contributed by atoms with Crippen LogP contribution in [0.25, 0.3) is 0 Å². The molecule has 0 radical (unpaired) electrons. The Morgan fingerprint density at radius 1 is 1.38 bits per heavy atom. The molecule has 0 saturated heterocycles. The van der Waals surface area contributed by atoms with Gasteiger partial charge in [-0.2, -0.15) is 0 Å². The summed E-state index contributed by atoms with van der Waals surface area (Å²) in [5.41, 5.74) is 0.941. The molecule has 1 aromatic rings. The summed E-state index contributed by atoms with van der Waals surface area (Å²) >= 11 is 0. The minimum atomic E-state index is -0.00634. The molecule has 0 unspecified atom stereocenters. The van der Waals surface area contributed by atoms with Crippen molar-refractivity contribution >= 4 is 0 Å². The molecule has 1 heterocycles. The molecule has 1 rings (SSSR count). The van der Waals surface area contributed by atoms with Crippen LogP contribution in [-0.2, 0) is 0 Å². The SMILES string of the molecule is CC(C)c1cnc(OCCO)cn1. The average molecular weight is 182 g/mol. The van der Waals surface area contributed by atoms with Crippen molar-refractivity contribution in [1.29, 1.82) is 0 Å². The lowest BCUT2D eigenvalue weighted by molar-refractivity contribution is 0.196. The molecule has 0 aliphatic heterocycles. The van der Waals surface area contributed by atoms with Gasteiger partial charge in [-0.05, 0) is 5.92 Å². The predicted octanol–water partition coefficient (Wildman–Crippen LogP) is 0.971. The van der Waals surface area contributed by atoms with Gasteiger partial charge in [0.05, 0.1) is 24.7 Å². The van der Waals surface area contributed by atoms with Gasteiger partial charge in [0.1, 0.15) is 6.61 Å². The van der Waals surface area contributed by atoms with Crippen molar-refractivity contribution in [1.82, 2.24) is 9.97 Å². The van der Waals surface area contributed by atoms with Crippen LogP contribution in [0, 0.1) is 0 Å². The van der Waals surface area contributed by atoms with Gasteiger partial charge in [0, 0.05) is 0 Å². The molecule has 0 spiro atoms. The first-order valence-electron chi connectivity index (χ1n) is 4.29. The normalized spacial score (nSPS) is 10.5. The van der Waals surface area contributed by atoms with Crippen molar-refractivity contribution in [3.8, 4) is 5.88 Å². The van der Waals surface area contributed by atoms with E-state index in [0.717, 1.165) is 5.69 Å². The first-order chi connectivity index (χ1) is 6.24. The van der Waals surface area contributed by atoms with Crippen molar-refractivity contribution in [2.75, 3.05) is 13.2 Å². The molecule has 13 heavy (non-hydrogen) atoms. The highest BCUT2D eigenvalue weighted by Gasteiger charge is 2.01. The van der Waals surface area contributed by atoms with Crippen LogP contribution in [0.15, 0.2) is 12.4 Å². The first-order valence-corrected chi connectivity index (χ1v) is 4.29. The van der Waals surface area contributed by atoms with Gasteiger partial charge in [-0.1, -0.05) is 13.8 Å². The second-order valence-electron chi connectivity index (χ2n) is 3.01. The number of hydrogen-bond donors (Lipinski definition) is 1. The van der Waals surface area contributed by atoms with Gasteiger partial charge < -0.3 is 9.84 Å². The topological polar surface area (TPSA) is 55.2 Å². The zero-order valence-electron chi connectivity index (χ0n) is 7.90. The van der Waals surface area contributed by atoms with Crippen molar-refractivity contribution in [2.45, 2.75) is 19.8 Å². The van der Waals surface area contributed by atoms with Crippen LogP contribution < -0.4 is 4.74 Å². The van der Waals surface area contributed by atoms with E-state index in [0.29, 0.717) is 11.8 Å². The molecule has 0 saturated carbocycles. The summed E-state index contributed by atoms with van der Waals surface area (Å²) in [4.78, 5) is 8.20. The largest absolute Gasteiger partial charge is 0.474 e. The number of nitrogens with zero attached hydrogens (tertiary/aromatic N) is 2. The van der Waals surface area contributed by atoms with Gasteiger partial charge in [-0.15, -0.1) is 0 Å². The Balaban J connectivity index is 2.59. The van der Waals surface area contributed by atoms with E-state index in [2.05, 4.69) is 23.8 Å². The average Bonchev–Trinajstić information content (AvgIpc) is 2.15. The van der Waals surface area contributed by atoms with Gasteiger partial charge in [0.25, 0.3) is 0 Å². The molecule has 0 amide bonds. The third-order valence-electron chi connectivity index (χ3n) is 1.58. The highest BCUT2D eigenvalue weighted by molar-refractivity contribution is 5.09. The lowest BCUT2D eigenvalue weighted by atomic mass is 10.1. The fourth-order valence-electron chi connectivity index (χ4n) is 0.849. The number of rotatable bonds is 4. The number of hydrogen-bond acceptors (Lipinski definition) is 4. The fourth-order valence-corrected chi connectivity index (χ4v) is 0.849. The van der Waals surface area contributed by atoms with Crippen LogP contribution in [0.2, 0.25) is 0 Å². The van der Waals surface area contributed by atoms with Gasteiger partial charge in [0.15, 0.2) is 0 Å². The Bertz CT molecular complexity index is 246. The molecule has 4 heteroatoms. The summed E-state index contributed by atoms with van der Waals surface area (Å²) < 4.78 is 5.07. The van der Waals surface area contributed by atoms with Crippen LogP contribution in [0.5, 0.6) is 5.88 Å². The van der Waals surface area contributed by atoms with Crippen molar-refractivity contribution in [3.05, 3.63) is 18.1 Å². The maximum Gasteiger partial charge on any atom is 0.232 e. The first kappa shape index (κ1) is 9.92. The van der Waals surface area contributed by atoms with E-state index in [-0.39, 0.29) is 13.2 Å². The Labute approximate surface area is 77.6 Å². The van der Waals surface area contributed by atoms with E-state index in [1.54, 1.807) is 12.4 Å². The maximum absolute atomic E-state index is 8.50. The molecule has 0 atom stereocenters. The van der Waals surface area contributed by atoms with Gasteiger partial charge >= 0.3 is 0 Å². The monoisotopic (exact) mass is 182 g/mol. The molecule has 72 valence electrons. The van der Waals surface area contributed by atoms with Crippen molar-refractivity contribution in [3.63, 3.8) is 0 Å². The second kappa shape index (κ2) is 4.77. The summed E-state index contributed by atoms with van der Waals surface area (Å²) in [5.74, 6) is 0.831. The fraction of sp³-hybridized carbons (Fsp3) is 0.556. The Morgan fingerprint density at radius 3 is 2.62 bits per heavy atom. The second-order valence-corrected chi connectivity index (χ2v) is 3.01. The summed E-state index contributed by atoms with van der Waals surface area (Å²) in [6, 6.07) is 0. The third kappa shape index (κ3) is 2.99. The summed E-state index contributed by atoms with van der Waals surface area (Å²) in [6.45, 7) is 4.36. The lowest BCUT2D eigenvalue weighted by Crippen LogP contribution is -2.04. The van der Waals surface area contributed by atoms with Crippen LogP contribution in [0.4, 0.5) is 0 Å². The van der Waals surface area contributed by atoms with Crippen molar-refractivity contribution < 1.29 is 9.84 Å². The zero-order valence-corrected chi connectivity index (χ0v) is 7.90. The summed E-state index contributed by atoms with van der Waals surface area (Å²) in [7, 11) is 0. The molecule has 1 aromatic heterocycles. The highest BCUT2D eigenvalue weighted by Crippen LogP contribution is 2.11. The number of ether oxygens (including phenoxy) is 1. The molecular formula is C9H14N2O2. The van der Waals surface area contributed by atoms with E-state index in [1.165, 1.54) is 0 Å². The zero-order chi connectivity index (χ0) is 9.68. The van der Waals surface area contributed by atoms with E-state index in [1.807, 2.05) is 0 Å². The van der Waals surface area contributed by atoms with E-state index < -0.39 is 0 Å². The lowest BCUT2D eigenvalue weighted by Gasteiger charge is -2.05. The number of aliphatic hydroxyl groups is 1. The van der Waals surface area contributed by atoms with Crippen LogP contribution in [0.3, 0.4) is 0 Å². The van der Waals surface area contributed by atoms with E-state index in [4.69, 9.17) is 9.84 Å². The highest BCUT2D eigenvalue weighted by atomic mass is 16.5. The molecule has 0 bridgehead atoms. The molecule has 0 aliphatic carbocycles. The molecule has 0 fully saturated rings. The Hall–Kier alpha value is -1.16. The molecule has 0 aromatic carbocycles. The molecule has 0 aliphatic rings. The van der Waals surface area contributed by atoms with E-state index in [9.17, 15) is 0 Å². The van der Waals surface area contributed by atoms with Gasteiger partial charge in [-0.25, -0.2) is 4.98 Å². The maximum atomic E-state index is 8.50. The predicted molar refractivity (Wildman–Crippen MR) is 48.7 cm³/mol. The van der Waals surface area contributed by atoms with Crippen LogP contribution in [-0.4, -0.2) is 28.3 Å². The minimum Gasteiger partial charge on any atom is -0.474 e. The molecule has 1 N–H and O–H groups in total. The quantitative estimate of drug-likeness (QED) is 0.753. The van der Waals surface area contributed by atoms with Crippen LogP contribution in [0.1, 0.15) is 25.5 Å². The smallest absolute Gasteiger partial charge is 0.232 e. The molecular weight excluding hydrogens is 168 g/mol. The van der Waals surface area contributed by atoms with Crippen molar-refractivity contribution in [2.24, 2.45) is 0 Å². The van der Waals surface area contributed by atoms with Gasteiger partial charge in [-0.3, -0.25) is 4.98 Å².